The van der Waals surface area contributed by atoms with Crippen molar-refractivity contribution in [3.63, 3.8) is 0 Å². The normalized spacial score (nSPS) is 36.8. The molecule has 0 radical (unpaired) electrons. The molecular weight excluding hydrogens is 304 g/mol. The van der Waals surface area contributed by atoms with Gasteiger partial charge in [-0.05, 0) is 59.0 Å². The average molecular weight is 332 g/mol. The second-order valence-corrected chi connectivity index (χ2v) is 7.16. The molecule has 24 heavy (non-hydrogen) atoms. The maximum atomic E-state index is 12.0. The van der Waals surface area contributed by atoms with Gasteiger partial charge >= 0.3 is 5.97 Å². The van der Waals surface area contributed by atoms with E-state index in [0.717, 1.165) is 24.8 Å². The maximum Gasteiger partial charge on any atom is 0.334 e. The van der Waals surface area contributed by atoms with Crippen LogP contribution in [-0.4, -0.2) is 29.1 Å². The van der Waals surface area contributed by atoms with Crippen LogP contribution < -0.4 is 0 Å². The lowest BCUT2D eigenvalue weighted by atomic mass is 9.82. The van der Waals surface area contributed by atoms with Gasteiger partial charge in [-0.3, -0.25) is 4.79 Å². The van der Waals surface area contributed by atoms with Crippen molar-refractivity contribution in [2.45, 2.75) is 65.1 Å². The molecule has 0 aromatic heterocycles. The highest BCUT2D eigenvalue weighted by atomic mass is 16.6. The molecule has 1 fully saturated rings. The smallest absolute Gasteiger partial charge is 0.334 e. The quantitative estimate of drug-likeness (QED) is 0.453. The number of carbonyl (C=O) groups excluding carboxylic acids is 2. The van der Waals surface area contributed by atoms with Gasteiger partial charge in [0, 0.05) is 17.4 Å². The third-order valence-electron chi connectivity index (χ3n) is 5.16. The predicted octanol–water partition coefficient (Wildman–Crippen LogP) is 3.51. The van der Waals surface area contributed by atoms with E-state index in [1.807, 2.05) is 13.0 Å². The zero-order valence-corrected chi connectivity index (χ0v) is 14.9. The van der Waals surface area contributed by atoms with Gasteiger partial charge < -0.3 is 9.84 Å². The van der Waals surface area contributed by atoms with Gasteiger partial charge in [0.1, 0.15) is 11.9 Å². The van der Waals surface area contributed by atoms with Crippen LogP contribution in [0.15, 0.2) is 35.5 Å². The van der Waals surface area contributed by atoms with E-state index in [1.54, 1.807) is 0 Å². The molecule has 0 aromatic carbocycles. The second kappa shape index (κ2) is 7.93. The van der Waals surface area contributed by atoms with Crippen molar-refractivity contribution in [2.24, 2.45) is 11.8 Å². The summed E-state index contributed by atoms with van der Waals surface area (Å²) >= 11 is 0. The van der Waals surface area contributed by atoms with Crippen molar-refractivity contribution in [1.29, 1.82) is 0 Å². The number of rotatable bonds is 1. The Morgan fingerprint density at radius 2 is 2.00 bits per heavy atom. The van der Waals surface area contributed by atoms with E-state index < -0.39 is 24.1 Å². The van der Waals surface area contributed by atoms with Gasteiger partial charge in [-0.25, -0.2) is 4.79 Å². The highest BCUT2D eigenvalue weighted by molar-refractivity contribution is 5.91. The zero-order chi connectivity index (χ0) is 17.9. The Bertz CT molecular complexity index is 584. The average Bonchev–Trinajstić information content (AvgIpc) is 2.74. The van der Waals surface area contributed by atoms with Crippen molar-refractivity contribution < 1.29 is 19.4 Å². The molecule has 4 nitrogen and oxygen atoms in total. The molecule has 4 heteroatoms. The van der Waals surface area contributed by atoms with Crippen LogP contribution in [0.1, 0.15) is 52.9 Å². The number of carbonyl (C=O) groups is 2. The molecule has 0 saturated carbocycles. The molecular formula is C20H28O4. The Hall–Kier alpha value is -1.68. The largest absolute Gasteiger partial charge is 0.454 e. The number of ether oxygens (including phenoxy) is 1. The lowest BCUT2D eigenvalue weighted by Crippen LogP contribution is -2.31. The monoisotopic (exact) mass is 332 g/mol. The summed E-state index contributed by atoms with van der Waals surface area (Å²) in [5, 5.41) is 10.6. The fourth-order valence-corrected chi connectivity index (χ4v) is 3.54. The molecule has 1 N–H and O–H groups in total. The first-order valence-corrected chi connectivity index (χ1v) is 8.70. The lowest BCUT2D eigenvalue weighted by Gasteiger charge is -2.24. The molecule has 1 saturated heterocycles. The van der Waals surface area contributed by atoms with Crippen LogP contribution in [0.25, 0.3) is 0 Å². The summed E-state index contributed by atoms with van der Waals surface area (Å²) < 4.78 is 5.42. The van der Waals surface area contributed by atoms with Crippen molar-refractivity contribution in [3.05, 3.63) is 35.5 Å². The lowest BCUT2D eigenvalue weighted by molar-refractivity contribution is -0.137. The Morgan fingerprint density at radius 3 is 2.67 bits per heavy atom. The first-order valence-electron chi connectivity index (χ1n) is 8.70. The van der Waals surface area contributed by atoms with E-state index in [2.05, 4.69) is 19.6 Å². The summed E-state index contributed by atoms with van der Waals surface area (Å²) in [4.78, 5) is 23.9. The summed E-state index contributed by atoms with van der Waals surface area (Å²) in [5.41, 5.74) is 2.81. The third-order valence-corrected chi connectivity index (χ3v) is 5.16. The molecule has 0 bridgehead atoms. The standard InChI is InChI=1S/C20H28O4/c1-12-6-5-7-13(2)10-19-17(14(3)20(23)24-19)11-18(22)16(9-8-12)15(4)21/h6,10,16-19,22H,3,5,7-9,11H2,1-2,4H3/b12-6+,13-10+/t16-,17-,18+,19-/m1/s1. The Balaban J connectivity index is 2.30. The SMILES string of the molecule is C=C1C(=O)O[C@@H]2/C=C(\C)CC/C=C(\C)CC[C@H](C(C)=O)[C@@H](O)C[C@H]12. The van der Waals surface area contributed by atoms with Gasteiger partial charge in [-0.2, -0.15) is 0 Å². The number of hydrogen-bond acceptors (Lipinski definition) is 4. The van der Waals surface area contributed by atoms with E-state index in [0.29, 0.717) is 18.4 Å². The van der Waals surface area contributed by atoms with E-state index in [-0.39, 0.29) is 11.7 Å². The fraction of sp³-hybridized carbons (Fsp3) is 0.600. The minimum atomic E-state index is -0.788. The molecule has 2 rings (SSSR count). The van der Waals surface area contributed by atoms with E-state index >= 15 is 0 Å². The predicted molar refractivity (Wildman–Crippen MR) is 93.3 cm³/mol. The molecule has 4 atom stereocenters. The molecule has 1 aliphatic carbocycles. The maximum absolute atomic E-state index is 12.0. The molecule has 2 aliphatic rings. The van der Waals surface area contributed by atoms with Gasteiger partial charge in [0.05, 0.1) is 6.10 Å². The number of aliphatic hydroxyl groups excluding tert-OH is 1. The molecule has 0 aromatic rings. The van der Waals surface area contributed by atoms with Crippen LogP contribution in [0.3, 0.4) is 0 Å². The van der Waals surface area contributed by atoms with Crippen LogP contribution in [-0.2, 0) is 14.3 Å². The fourth-order valence-electron chi connectivity index (χ4n) is 3.54. The topological polar surface area (TPSA) is 63.6 Å². The minimum Gasteiger partial charge on any atom is -0.454 e. The van der Waals surface area contributed by atoms with Crippen LogP contribution in [0.4, 0.5) is 0 Å². The number of fused-ring (bicyclic) bond motifs is 1. The Morgan fingerprint density at radius 1 is 1.29 bits per heavy atom. The number of Topliss-reactive ketones (excluding diaryl/α,β-unsaturated/α-hetero) is 1. The van der Waals surface area contributed by atoms with E-state index in [9.17, 15) is 14.7 Å². The van der Waals surface area contributed by atoms with Crippen LogP contribution in [0.5, 0.6) is 0 Å². The molecule has 0 spiro atoms. The van der Waals surface area contributed by atoms with Crippen LogP contribution in [0, 0.1) is 11.8 Å². The number of ketones is 1. The molecule has 0 unspecified atom stereocenters. The van der Waals surface area contributed by atoms with Crippen molar-refractivity contribution in [3.8, 4) is 0 Å². The summed E-state index contributed by atoms with van der Waals surface area (Å²) in [6.45, 7) is 9.46. The molecule has 132 valence electrons. The zero-order valence-electron chi connectivity index (χ0n) is 14.9. The van der Waals surface area contributed by atoms with Gasteiger partial charge in [-0.1, -0.05) is 23.8 Å². The van der Waals surface area contributed by atoms with Crippen molar-refractivity contribution in [2.75, 3.05) is 0 Å². The van der Waals surface area contributed by atoms with Crippen LogP contribution in [0.2, 0.25) is 0 Å². The minimum absolute atomic E-state index is 0.00991. The summed E-state index contributed by atoms with van der Waals surface area (Å²) in [7, 11) is 0. The highest BCUT2D eigenvalue weighted by Gasteiger charge is 2.40. The summed E-state index contributed by atoms with van der Waals surface area (Å²) in [5.74, 6) is -1.09. The number of esters is 1. The molecule has 1 heterocycles. The van der Waals surface area contributed by atoms with Crippen molar-refractivity contribution in [1.82, 2.24) is 0 Å². The van der Waals surface area contributed by atoms with E-state index in [4.69, 9.17) is 4.74 Å². The van der Waals surface area contributed by atoms with Gasteiger partial charge in [0.2, 0.25) is 0 Å². The van der Waals surface area contributed by atoms with Crippen molar-refractivity contribution >= 4 is 11.8 Å². The molecule has 1 aliphatic heterocycles. The summed E-state index contributed by atoms with van der Waals surface area (Å²) in [6, 6.07) is 0. The van der Waals surface area contributed by atoms with E-state index in [1.165, 1.54) is 12.5 Å². The highest BCUT2D eigenvalue weighted by Crippen LogP contribution is 2.35. The second-order valence-electron chi connectivity index (χ2n) is 7.16. The Labute approximate surface area is 144 Å². The molecule has 0 amide bonds. The number of hydrogen-bond donors (Lipinski definition) is 1. The van der Waals surface area contributed by atoms with Gasteiger partial charge in [-0.15, -0.1) is 0 Å². The Kier molecular flexibility index (Phi) is 6.16. The van der Waals surface area contributed by atoms with Gasteiger partial charge in [0.15, 0.2) is 0 Å². The number of allylic oxidation sites excluding steroid dienone is 3. The number of aliphatic hydroxyl groups is 1. The summed E-state index contributed by atoms with van der Waals surface area (Å²) in [6.07, 6.45) is 6.57. The van der Waals surface area contributed by atoms with Gasteiger partial charge in [0.25, 0.3) is 0 Å². The third kappa shape index (κ3) is 4.44. The first kappa shape index (κ1) is 18.7. The van der Waals surface area contributed by atoms with Crippen LogP contribution >= 0.6 is 0 Å². The first-order chi connectivity index (χ1) is 11.3.